The molecule has 0 aliphatic carbocycles. The number of rotatable bonds is 7. The number of anilines is 1. The number of benzene rings is 1. The summed E-state index contributed by atoms with van der Waals surface area (Å²) in [5.74, 6) is -0.855. The Hall–Kier alpha value is -4.36. The predicted octanol–water partition coefficient (Wildman–Crippen LogP) is 5.89. The smallest absolute Gasteiger partial charge is 0.465 e. The van der Waals surface area contributed by atoms with Crippen LogP contribution in [0.15, 0.2) is 30.5 Å². The van der Waals surface area contributed by atoms with E-state index in [1.165, 1.54) is 13.0 Å². The molecule has 1 aromatic carbocycles. The van der Waals surface area contributed by atoms with Gasteiger partial charge in [0.1, 0.15) is 23.8 Å². The number of nitrogens with one attached hydrogen (secondary N) is 2. The Morgan fingerprint density at radius 3 is 2.47 bits per heavy atom. The van der Waals surface area contributed by atoms with Gasteiger partial charge in [-0.2, -0.15) is 0 Å². The average Bonchev–Trinajstić information content (AvgIpc) is 3.34. The summed E-state index contributed by atoms with van der Waals surface area (Å²) in [5.41, 5.74) is 1.29. The van der Waals surface area contributed by atoms with Gasteiger partial charge in [0.15, 0.2) is 5.65 Å². The number of pyridine rings is 1. The van der Waals surface area contributed by atoms with Gasteiger partial charge in [0.25, 0.3) is 5.91 Å². The molecular weight excluding hydrogens is 571 g/mol. The standard InChI is InChI=1S/C29H34F3N5O6/c1-16(15-41-17(2)38)24-35-23-20(8-11-33-25(23)36-24)18-9-12-37(13-10-18)26(39)21-7-6-19(42-29(30,31)32)14-22(21)34-27(40)43-28(3,4)5/h6-8,11,14,16,18H,9-10,12-13,15H2,1-5H3,(H,34,40)(H,33,35,36)/t16-/m1/s1. The van der Waals surface area contributed by atoms with Gasteiger partial charge in [0.2, 0.25) is 0 Å². The van der Waals surface area contributed by atoms with Gasteiger partial charge in [-0.1, -0.05) is 6.92 Å². The van der Waals surface area contributed by atoms with E-state index in [1.54, 1.807) is 31.9 Å². The summed E-state index contributed by atoms with van der Waals surface area (Å²) in [6.07, 6.45) is -2.99. The zero-order chi connectivity index (χ0) is 31.5. The Labute approximate surface area is 246 Å². The number of hydrogen-bond donors (Lipinski definition) is 2. The number of aromatic amines is 1. The molecule has 0 saturated carbocycles. The van der Waals surface area contributed by atoms with Gasteiger partial charge in [-0.25, -0.2) is 14.8 Å². The van der Waals surface area contributed by atoms with Crippen molar-refractivity contribution in [2.45, 2.75) is 71.3 Å². The minimum atomic E-state index is -4.95. The van der Waals surface area contributed by atoms with Crippen molar-refractivity contribution in [3.63, 3.8) is 0 Å². The molecule has 0 spiro atoms. The molecule has 4 rings (SSSR count). The molecule has 1 aliphatic rings. The number of esters is 1. The van der Waals surface area contributed by atoms with Crippen LogP contribution < -0.4 is 10.1 Å². The van der Waals surface area contributed by atoms with E-state index >= 15 is 0 Å². The number of aromatic nitrogens is 3. The van der Waals surface area contributed by atoms with Crippen molar-refractivity contribution in [3.8, 4) is 5.75 Å². The fraction of sp³-hybridized carbons (Fsp3) is 0.483. The third kappa shape index (κ3) is 8.36. The average molecular weight is 606 g/mol. The normalized spacial score (nSPS) is 15.2. The van der Waals surface area contributed by atoms with Crippen LogP contribution in [0.1, 0.15) is 81.0 Å². The van der Waals surface area contributed by atoms with E-state index in [0.29, 0.717) is 37.4 Å². The van der Waals surface area contributed by atoms with Gasteiger partial charge in [0, 0.05) is 38.2 Å². The highest BCUT2D eigenvalue weighted by atomic mass is 19.4. The molecule has 43 heavy (non-hydrogen) atoms. The summed E-state index contributed by atoms with van der Waals surface area (Å²) < 4.78 is 52.9. The zero-order valence-corrected chi connectivity index (χ0v) is 24.5. The third-order valence-corrected chi connectivity index (χ3v) is 6.76. The van der Waals surface area contributed by atoms with Crippen LogP contribution in [0.4, 0.5) is 23.7 Å². The van der Waals surface area contributed by atoms with Gasteiger partial charge >= 0.3 is 18.4 Å². The van der Waals surface area contributed by atoms with Gasteiger partial charge < -0.3 is 24.1 Å². The van der Waals surface area contributed by atoms with Crippen LogP contribution >= 0.6 is 0 Å². The fourth-order valence-electron chi connectivity index (χ4n) is 4.83. The van der Waals surface area contributed by atoms with Crippen LogP contribution in [0.2, 0.25) is 0 Å². The van der Waals surface area contributed by atoms with Crippen LogP contribution in [0.25, 0.3) is 11.2 Å². The van der Waals surface area contributed by atoms with E-state index < -0.39 is 29.7 Å². The van der Waals surface area contributed by atoms with Crippen molar-refractivity contribution >= 4 is 34.8 Å². The molecule has 3 heterocycles. The van der Waals surface area contributed by atoms with E-state index in [-0.39, 0.29) is 35.7 Å². The monoisotopic (exact) mass is 605 g/mol. The molecular formula is C29H34F3N5O6. The number of H-pyrrole nitrogens is 1. The van der Waals surface area contributed by atoms with Crippen molar-refractivity contribution in [3.05, 3.63) is 47.4 Å². The second-order valence-corrected chi connectivity index (χ2v) is 11.4. The van der Waals surface area contributed by atoms with E-state index in [2.05, 4.69) is 25.0 Å². The maximum atomic E-state index is 13.5. The third-order valence-electron chi connectivity index (χ3n) is 6.76. The highest BCUT2D eigenvalue weighted by Crippen LogP contribution is 2.34. The molecule has 2 aromatic heterocycles. The molecule has 0 radical (unpaired) electrons. The number of alkyl halides is 3. The van der Waals surface area contributed by atoms with Gasteiger partial charge in [-0.15, -0.1) is 13.2 Å². The Balaban J connectivity index is 1.50. The summed E-state index contributed by atoms with van der Waals surface area (Å²) in [5, 5.41) is 2.39. The summed E-state index contributed by atoms with van der Waals surface area (Å²) in [7, 11) is 0. The first-order valence-electron chi connectivity index (χ1n) is 13.8. The molecule has 232 valence electrons. The highest BCUT2D eigenvalue weighted by molar-refractivity contribution is 6.03. The molecule has 2 N–H and O–H groups in total. The molecule has 1 fully saturated rings. The molecule has 2 amide bonds. The number of carbonyl (C=O) groups excluding carboxylic acids is 3. The highest BCUT2D eigenvalue weighted by Gasteiger charge is 2.33. The first kappa shape index (κ1) is 31.6. The van der Waals surface area contributed by atoms with Crippen LogP contribution in [0.3, 0.4) is 0 Å². The predicted molar refractivity (Wildman–Crippen MR) is 150 cm³/mol. The van der Waals surface area contributed by atoms with E-state index in [1.807, 2.05) is 13.0 Å². The summed E-state index contributed by atoms with van der Waals surface area (Å²) in [6, 6.07) is 5.08. The van der Waals surface area contributed by atoms with Gasteiger partial charge in [0.05, 0.1) is 16.8 Å². The van der Waals surface area contributed by atoms with Crippen molar-refractivity contribution in [1.29, 1.82) is 0 Å². The molecule has 1 saturated heterocycles. The topological polar surface area (TPSA) is 136 Å². The lowest BCUT2D eigenvalue weighted by Crippen LogP contribution is -2.38. The molecule has 14 heteroatoms. The Kier molecular flexibility index (Phi) is 9.16. The van der Waals surface area contributed by atoms with Crippen LogP contribution in [-0.2, 0) is 14.3 Å². The lowest BCUT2D eigenvalue weighted by Gasteiger charge is -2.33. The van der Waals surface area contributed by atoms with Crippen LogP contribution in [0.5, 0.6) is 5.75 Å². The number of ether oxygens (including phenoxy) is 3. The van der Waals surface area contributed by atoms with Crippen molar-refractivity contribution < 1.29 is 41.8 Å². The van der Waals surface area contributed by atoms with E-state index in [0.717, 1.165) is 23.2 Å². The number of likely N-dealkylation sites (tertiary alicyclic amines) is 1. The lowest BCUT2D eigenvalue weighted by molar-refractivity contribution is -0.274. The Bertz CT molecular complexity index is 1490. The molecule has 0 unspecified atom stereocenters. The number of piperidine rings is 1. The first-order chi connectivity index (χ1) is 20.1. The molecule has 3 aromatic rings. The number of nitrogens with zero attached hydrogens (tertiary/aromatic N) is 3. The van der Waals surface area contributed by atoms with Crippen LogP contribution in [-0.4, -0.2) is 69.5 Å². The maximum Gasteiger partial charge on any atom is 0.573 e. The zero-order valence-electron chi connectivity index (χ0n) is 24.5. The van der Waals surface area contributed by atoms with Crippen molar-refractivity contribution in [2.24, 2.45) is 0 Å². The molecule has 11 nitrogen and oxygen atoms in total. The summed E-state index contributed by atoms with van der Waals surface area (Å²) >= 11 is 0. The van der Waals surface area contributed by atoms with Gasteiger partial charge in [-0.3, -0.25) is 14.9 Å². The van der Waals surface area contributed by atoms with Crippen molar-refractivity contribution in [1.82, 2.24) is 19.9 Å². The van der Waals surface area contributed by atoms with E-state index in [4.69, 9.17) is 9.47 Å². The SMILES string of the molecule is CC(=O)OC[C@@H](C)c1nc2nccc(C3CCN(C(=O)c4ccc(OC(F)(F)F)cc4NC(=O)OC(C)(C)C)CC3)c2[nH]1. The minimum absolute atomic E-state index is 0.00473. The lowest BCUT2D eigenvalue weighted by atomic mass is 9.89. The second kappa shape index (κ2) is 12.5. The molecule has 0 bridgehead atoms. The number of fused-ring (bicyclic) bond motifs is 1. The number of carbonyl (C=O) groups is 3. The summed E-state index contributed by atoms with van der Waals surface area (Å²) in [6.45, 7) is 9.05. The number of hydrogen-bond acceptors (Lipinski definition) is 8. The number of amides is 2. The minimum Gasteiger partial charge on any atom is -0.465 e. The largest absolute Gasteiger partial charge is 0.573 e. The van der Waals surface area contributed by atoms with Crippen molar-refractivity contribution in [2.75, 3.05) is 25.0 Å². The maximum absolute atomic E-state index is 13.5. The first-order valence-corrected chi connectivity index (χ1v) is 13.8. The fourth-order valence-corrected chi connectivity index (χ4v) is 4.83. The molecule has 1 aliphatic heterocycles. The van der Waals surface area contributed by atoms with Crippen LogP contribution in [0, 0.1) is 0 Å². The quantitative estimate of drug-likeness (QED) is 0.318. The van der Waals surface area contributed by atoms with Gasteiger partial charge in [-0.05, 0) is 63.3 Å². The summed E-state index contributed by atoms with van der Waals surface area (Å²) in [4.78, 5) is 51.0. The second-order valence-electron chi connectivity index (χ2n) is 11.4. The number of halogens is 3. The Morgan fingerprint density at radius 2 is 1.84 bits per heavy atom. The van der Waals surface area contributed by atoms with E-state index in [9.17, 15) is 27.6 Å². The Morgan fingerprint density at radius 1 is 1.14 bits per heavy atom. The number of imidazole rings is 1. The molecule has 1 atom stereocenters.